The van der Waals surface area contributed by atoms with Gasteiger partial charge >= 0.3 is 5.97 Å². The van der Waals surface area contributed by atoms with Crippen LogP contribution >= 0.6 is 11.3 Å². The number of para-hydroxylation sites is 1. The molecule has 158 valence electrons. The van der Waals surface area contributed by atoms with Gasteiger partial charge in [-0.25, -0.2) is 4.79 Å². The zero-order valence-corrected chi connectivity index (χ0v) is 17.9. The highest BCUT2D eigenvalue weighted by atomic mass is 32.1. The summed E-state index contributed by atoms with van der Waals surface area (Å²) in [4.78, 5) is 39.8. The number of carbonyl (C=O) groups is 3. The first-order valence-corrected chi connectivity index (χ1v) is 11.0. The molecule has 0 aliphatic carbocycles. The van der Waals surface area contributed by atoms with E-state index in [4.69, 9.17) is 4.74 Å². The van der Waals surface area contributed by atoms with E-state index in [1.54, 1.807) is 11.8 Å². The Morgan fingerprint density at radius 1 is 1.10 bits per heavy atom. The molecule has 4 rings (SSSR count). The van der Waals surface area contributed by atoms with Crippen molar-refractivity contribution in [3.63, 3.8) is 0 Å². The van der Waals surface area contributed by atoms with Crippen molar-refractivity contribution in [2.75, 3.05) is 23.4 Å². The summed E-state index contributed by atoms with van der Waals surface area (Å²) in [6, 6.07) is 18.8. The number of nitrogens with zero attached hydrogens (tertiary/aromatic N) is 1. The highest BCUT2D eigenvalue weighted by Gasteiger charge is 2.36. The van der Waals surface area contributed by atoms with Gasteiger partial charge in [0.2, 0.25) is 11.8 Å². The maximum Gasteiger partial charge on any atom is 0.341 e. The van der Waals surface area contributed by atoms with E-state index in [9.17, 15) is 14.4 Å². The van der Waals surface area contributed by atoms with E-state index >= 15 is 0 Å². The predicted molar refractivity (Wildman–Crippen MR) is 121 cm³/mol. The van der Waals surface area contributed by atoms with Crippen molar-refractivity contribution >= 4 is 39.8 Å². The lowest BCUT2D eigenvalue weighted by molar-refractivity contribution is -0.122. The van der Waals surface area contributed by atoms with Crippen LogP contribution in [0.5, 0.6) is 0 Å². The minimum Gasteiger partial charge on any atom is -0.462 e. The summed E-state index contributed by atoms with van der Waals surface area (Å²) in [6.45, 7) is 2.28. The van der Waals surface area contributed by atoms with Gasteiger partial charge in [-0.15, -0.1) is 11.3 Å². The topological polar surface area (TPSA) is 75.7 Å². The van der Waals surface area contributed by atoms with E-state index in [0.29, 0.717) is 22.7 Å². The van der Waals surface area contributed by atoms with Crippen LogP contribution in [0.25, 0.3) is 11.1 Å². The van der Waals surface area contributed by atoms with Crippen LogP contribution in [0.3, 0.4) is 0 Å². The minimum absolute atomic E-state index is 0.0897. The molecule has 3 aromatic rings. The number of rotatable bonds is 6. The van der Waals surface area contributed by atoms with E-state index in [-0.39, 0.29) is 24.8 Å². The molecule has 0 saturated carbocycles. The summed E-state index contributed by atoms with van der Waals surface area (Å²) >= 11 is 1.28. The van der Waals surface area contributed by atoms with Crippen LogP contribution in [0, 0.1) is 5.92 Å². The van der Waals surface area contributed by atoms with Crippen molar-refractivity contribution in [2.45, 2.75) is 13.3 Å². The number of anilines is 2. The van der Waals surface area contributed by atoms with Gasteiger partial charge in [0, 0.05) is 29.6 Å². The molecule has 0 spiro atoms. The summed E-state index contributed by atoms with van der Waals surface area (Å²) in [7, 11) is 0. The Morgan fingerprint density at radius 2 is 1.77 bits per heavy atom. The molecule has 2 amide bonds. The van der Waals surface area contributed by atoms with Crippen LogP contribution in [-0.2, 0) is 14.3 Å². The molecule has 1 aliphatic rings. The molecule has 31 heavy (non-hydrogen) atoms. The van der Waals surface area contributed by atoms with Gasteiger partial charge in [0.05, 0.1) is 12.5 Å². The highest BCUT2D eigenvalue weighted by Crippen LogP contribution is 2.37. The van der Waals surface area contributed by atoms with Gasteiger partial charge in [-0.2, -0.15) is 0 Å². The van der Waals surface area contributed by atoms with Gasteiger partial charge in [0.15, 0.2) is 0 Å². The fourth-order valence-corrected chi connectivity index (χ4v) is 4.60. The van der Waals surface area contributed by atoms with Crippen molar-refractivity contribution in [2.24, 2.45) is 5.92 Å². The first kappa shape index (κ1) is 20.8. The smallest absolute Gasteiger partial charge is 0.341 e. The van der Waals surface area contributed by atoms with Gasteiger partial charge in [0.25, 0.3) is 0 Å². The largest absolute Gasteiger partial charge is 0.462 e. The number of thiophene rings is 1. The minimum atomic E-state index is -0.495. The number of hydrogen-bond donors (Lipinski definition) is 1. The molecule has 1 atom stereocenters. The second-order valence-corrected chi connectivity index (χ2v) is 8.05. The third-order valence-electron chi connectivity index (χ3n) is 5.16. The Bertz CT molecular complexity index is 1100. The molecule has 1 aromatic heterocycles. The fourth-order valence-electron chi connectivity index (χ4n) is 3.64. The number of amides is 2. The maximum absolute atomic E-state index is 13.0. The van der Waals surface area contributed by atoms with Gasteiger partial charge in [-0.3, -0.25) is 9.59 Å². The third kappa shape index (κ3) is 4.36. The number of benzene rings is 2. The third-order valence-corrected chi connectivity index (χ3v) is 6.05. The average Bonchev–Trinajstić information content (AvgIpc) is 3.39. The van der Waals surface area contributed by atoms with E-state index in [0.717, 1.165) is 11.3 Å². The lowest BCUT2D eigenvalue weighted by atomic mass is 10.0. The zero-order valence-electron chi connectivity index (χ0n) is 17.0. The molecule has 0 bridgehead atoms. The lowest BCUT2D eigenvalue weighted by Crippen LogP contribution is -2.28. The van der Waals surface area contributed by atoms with Gasteiger partial charge in [-0.1, -0.05) is 48.5 Å². The Kier molecular flexibility index (Phi) is 6.13. The van der Waals surface area contributed by atoms with E-state index in [1.165, 1.54) is 11.3 Å². The normalized spacial score (nSPS) is 15.7. The summed E-state index contributed by atoms with van der Waals surface area (Å²) in [5.74, 6) is -1.34. The first-order valence-electron chi connectivity index (χ1n) is 10.1. The van der Waals surface area contributed by atoms with Gasteiger partial charge in [0.1, 0.15) is 10.6 Å². The fraction of sp³-hybridized carbons (Fsp3) is 0.208. The Hall–Kier alpha value is -3.45. The summed E-state index contributed by atoms with van der Waals surface area (Å²) in [6.07, 6.45) is 0.131. The second kappa shape index (κ2) is 9.14. The van der Waals surface area contributed by atoms with Gasteiger partial charge < -0.3 is 15.0 Å². The summed E-state index contributed by atoms with van der Waals surface area (Å²) in [5, 5.41) is 5.15. The molecular formula is C24H22N2O4S. The molecule has 1 aliphatic heterocycles. The number of ether oxygens (including phenoxy) is 1. The van der Waals surface area contributed by atoms with Crippen LogP contribution in [0.2, 0.25) is 0 Å². The maximum atomic E-state index is 13.0. The molecule has 7 heteroatoms. The number of carbonyl (C=O) groups excluding carboxylic acids is 3. The number of hydrogen-bond acceptors (Lipinski definition) is 5. The summed E-state index contributed by atoms with van der Waals surface area (Å²) in [5.41, 5.74) is 2.70. The van der Waals surface area contributed by atoms with Crippen molar-refractivity contribution in [1.29, 1.82) is 0 Å². The molecular weight excluding hydrogens is 412 g/mol. The monoisotopic (exact) mass is 434 g/mol. The lowest BCUT2D eigenvalue weighted by Gasteiger charge is -2.16. The van der Waals surface area contributed by atoms with Crippen molar-refractivity contribution in [3.8, 4) is 11.1 Å². The SMILES string of the molecule is CCOC(=O)c1c(-c2ccccc2)csc1NC(=O)[C@@H]1CC(=O)N(c2ccccc2)C1. The van der Waals surface area contributed by atoms with E-state index in [1.807, 2.05) is 66.0 Å². The molecule has 6 nitrogen and oxygen atoms in total. The van der Waals surface area contributed by atoms with Crippen LogP contribution in [0.4, 0.5) is 10.7 Å². The summed E-state index contributed by atoms with van der Waals surface area (Å²) < 4.78 is 5.24. The average molecular weight is 435 g/mol. The zero-order chi connectivity index (χ0) is 21.8. The van der Waals surface area contributed by atoms with Gasteiger partial charge in [-0.05, 0) is 24.6 Å². The van der Waals surface area contributed by atoms with Crippen molar-refractivity contribution in [1.82, 2.24) is 0 Å². The van der Waals surface area contributed by atoms with Crippen LogP contribution in [0.15, 0.2) is 66.0 Å². The molecule has 1 fully saturated rings. The van der Waals surface area contributed by atoms with Crippen LogP contribution < -0.4 is 10.2 Å². The van der Waals surface area contributed by atoms with Crippen LogP contribution in [-0.4, -0.2) is 30.9 Å². The first-order chi connectivity index (χ1) is 15.1. The molecule has 0 unspecified atom stereocenters. The molecule has 1 saturated heterocycles. The predicted octanol–water partition coefficient (Wildman–Crippen LogP) is 4.58. The van der Waals surface area contributed by atoms with Crippen molar-refractivity contribution < 1.29 is 19.1 Å². The van der Waals surface area contributed by atoms with Crippen molar-refractivity contribution in [3.05, 3.63) is 71.6 Å². The highest BCUT2D eigenvalue weighted by molar-refractivity contribution is 7.15. The molecule has 2 heterocycles. The molecule has 1 N–H and O–H groups in total. The number of nitrogens with one attached hydrogen (secondary N) is 1. The Morgan fingerprint density at radius 3 is 2.45 bits per heavy atom. The quantitative estimate of drug-likeness (QED) is 0.576. The Balaban J connectivity index is 1.56. The van der Waals surface area contributed by atoms with Crippen LogP contribution in [0.1, 0.15) is 23.7 Å². The standard InChI is InChI=1S/C24H22N2O4S/c1-2-30-24(29)21-19(16-9-5-3-6-10-16)15-31-23(21)25-22(28)17-13-20(27)26(14-17)18-11-7-4-8-12-18/h3-12,15,17H,2,13-14H2,1H3,(H,25,28)/t17-/m1/s1. The number of esters is 1. The Labute approximate surface area is 184 Å². The molecule has 2 aromatic carbocycles. The molecule has 0 radical (unpaired) electrons. The van der Waals surface area contributed by atoms with E-state index in [2.05, 4.69) is 5.32 Å². The second-order valence-electron chi connectivity index (χ2n) is 7.17. The van der Waals surface area contributed by atoms with E-state index < -0.39 is 11.9 Å².